The van der Waals surface area contributed by atoms with Crippen molar-refractivity contribution < 1.29 is 17.2 Å². The third kappa shape index (κ3) is 7.61. The van der Waals surface area contributed by atoms with Gasteiger partial charge in [0.2, 0.25) is 0 Å². The molecule has 0 fully saturated rings. The molecule has 0 bridgehead atoms. The molecule has 0 aromatic heterocycles. The highest BCUT2D eigenvalue weighted by Crippen LogP contribution is 1.88. The van der Waals surface area contributed by atoms with Crippen molar-refractivity contribution in [1.82, 2.24) is 0 Å². The molecule has 0 rings (SSSR count). The predicted molar refractivity (Wildman–Crippen MR) is 32.3 cm³/mol. The largest absolute Gasteiger partial charge is 0.397 e. The summed E-state index contributed by atoms with van der Waals surface area (Å²) in [4.78, 5) is 0. The first-order valence-corrected chi connectivity index (χ1v) is 3.65. The molecule has 0 aliphatic carbocycles. The lowest BCUT2D eigenvalue weighted by Gasteiger charge is -1.93. The van der Waals surface area contributed by atoms with Gasteiger partial charge in [-0.15, -0.1) is 6.58 Å². The van der Waals surface area contributed by atoms with Gasteiger partial charge in [0.15, 0.2) is 0 Å². The smallest absolute Gasteiger partial charge is 0.264 e. The highest BCUT2D eigenvalue weighted by Gasteiger charge is 2.00. The first-order valence-electron chi connectivity index (χ1n) is 2.29. The van der Waals surface area contributed by atoms with Gasteiger partial charge in [-0.1, -0.05) is 6.08 Å². The molecule has 9 heavy (non-hydrogen) atoms. The van der Waals surface area contributed by atoms with Gasteiger partial charge < -0.3 is 0 Å². The summed E-state index contributed by atoms with van der Waals surface area (Å²) in [5.41, 5.74) is 0. The summed E-state index contributed by atoms with van der Waals surface area (Å²) in [5.74, 6) is 0. The van der Waals surface area contributed by atoms with Gasteiger partial charge in [-0.05, 0) is 6.42 Å². The Morgan fingerprint density at radius 2 is 2.22 bits per heavy atom. The summed E-state index contributed by atoms with van der Waals surface area (Å²) < 4.78 is 31.5. The molecule has 0 saturated carbocycles. The fraction of sp³-hybridized carbons (Fsp3) is 0.500. The van der Waals surface area contributed by atoms with Crippen LogP contribution in [0, 0.1) is 0 Å². The van der Waals surface area contributed by atoms with E-state index in [-0.39, 0.29) is 6.61 Å². The van der Waals surface area contributed by atoms with Crippen molar-refractivity contribution in [3.8, 4) is 0 Å². The van der Waals surface area contributed by atoms with Crippen molar-refractivity contribution in [3.05, 3.63) is 12.7 Å². The molecule has 0 radical (unpaired) electrons. The van der Waals surface area contributed by atoms with E-state index in [1.807, 2.05) is 0 Å². The second-order valence-electron chi connectivity index (χ2n) is 1.33. The Balaban J connectivity index is 3.40. The zero-order valence-electron chi connectivity index (χ0n) is 4.78. The van der Waals surface area contributed by atoms with E-state index in [4.69, 9.17) is 4.55 Å². The Morgan fingerprint density at radius 3 is 2.56 bits per heavy atom. The van der Waals surface area contributed by atoms with Gasteiger partial charge in [-0.2, -0.15) is 8.42 Å². The maximum atomic E-state index is 9.81. The molecule has 0 aliphatic rings. The molecule has 54 valence electrons. The summed E-state index contributed by atoms with van der Waals surface area (Å²) in [6.45, 7) is 3.27. The Kier molecular flexibility index (Phi) is 3.44. The molecule has 0 saturated heterocycles. The minimum Gasteiger partial charge on any atom is -0.264 e. The Bertz CT molecular complexity index is 169. The van der Waals surface area contributed by atoms with Crippen LogP contribution in [0.3, 0.4) is 0 Å². The maximum Gasteiger partial charge on any atom is 0.397 e. The van der Waals surface area contributed by atoms with E-state index < -0.39 is 10.4 Å². The average Bonchev–Trinajstić information content (AvgIpc) is 1.63. The van der Waals surface area contributed by atoms with Gasteiger partial charge in [0.25, 0.3) is 0 Å². The van der Waals surface area contributed by atoms with Crippen LogP contribution in [0.1, 0.15) is 6.42 Å². The van der Waals surface area contributed by atoms with Crippen molar-refractivity contribution >= 4 is 10.4 Å². The fourth-order valence-corrected chi connectivity index (χ4v) is 0.544. The summed E-state index contributed by atoms with van der Waals surface area (Å²) >= 11 is 0. The molecular weight excluding hydrogens is 144 g/mol. The van der Waals surface area contributed by atoms with Gasteiger partial charge in [-0.25, -0.2) is 4.18 Å². The molecule has 0 amide bonds. The fourth-order valence-electron chi connectivity index (χ4n) is 0.237. The van der Waals surface area contributed by atoms with E-state index >= 15 is 0 Å². The molecular formula is C4H8O4S. The first-order chi connectivity index (χ1) is 4.06. The van der Waals surface area contributed by atoms with E-state index in [0.29, 0.717) is 6.42 Å². The predicted octanol–water partition coefficient (Wildman–Crippen LogP) is 0.382. The molecule has 0 spiro atoms. The van der Waals surface area contributed by atoms with Crippen molar-refractivity contribution in [2.45, 2.75) is 6.42 Å². The normalized spacial score (nSPS) is 11.2. The molecule has 0 aliphatic heterocycles. The first kappa shape index (κ1) is 8.61. The highest BCUT2D eigenvalue weighted by atomic mass is 32.3. The van der Waals surface area contributed by atoms with Crippen LogP contribution in [0.25, 0.3) is 0 Å². The molecule has 0 aromatic rings. The van der Waals surface area contributed by atoms with E-state index in [2.05, 4.69) is 10.8 Å². The van der Waals surface area contributed by atoms with Gasteiger partial charge in [-0.3, -0.25) is 4.55 Å². The second kappa shape index (κ2) is 3.60. The van der Waals surface area contributed by atoms with Gasteiger partial charge >= 0.3 is 10.4 Å². The van der Waals surface area contributed by atoms with Crippen LogP contribution in [0.15, 0.2) is 12.7 Å². The molecule has 4 nitrogen and oxygen atoms in total. The van der Waals surface area contributed by atoms with Crippen LogP contribution in [0.2, 0.25) is 0 Å². The van der Waals surface area contributed by atoms with Crippen LogP contribution < -0.4 is 0 Å². The number of hydrogen-bond donors (Lipinski definition) is 1. The monoisotopic (exact) mass is 152 g/mol. The minimum absolute atomic E-state index is 0.0532. The summed E-state index contributed by atoms with van der Waals surface area (Å²) in [7, 11) is -4.24. The van der Waals surface area contributed by atoms with Crippen molar-refractivity contribution in [3.63, 3.8) is 0 Å². The Morgan fingerprint density at radius 1 is 1.67 bits per heavy atom. The third-order valence-corrected chi connectivity index (χ3v) is 1.02. The maximum absolute atomic E-state index is 9.81. The molecule has 0 heterocycles. The van der Waals surface area contributed by atoms with Gasteiger partial charge in [0.1, 0.15) is 0 Å². The van der Waals surface area contributed by atoms with E-state index in [9.17, 15) is 8.42 Å². The number of hydrogen-bond acceptors (Lipinski definition) is 3. The van der Waals surface area contributed by atoms with Gasteiger partial charge in [0, 0.05) is 0 Å². The Hall–Kier alpha value is -0.390. The Labute approximate surface area is 54.1 Å². The van der Waals surface area contributed by atoms with E-state index in [0.717, 1.165) is 0 Å². The summed E-state index contributed by atoms with van der Waals surface area (Å²) in [5, 5.41) is 0. The second-order valence-corrected chi connectivity index (χ2v) is 2.42. The lowest BCUT2D eigenvalue weighted by atomic mass is 10.5. The lowest BCUT2D eigenvalue weighted by molar-refractivity contribution is 0.273. The standard InChI is InChI=1S/C4H8O4S/c1-2-3-4-8-9(5,6)7/h2H,1,3-4H2,(H,5,6,7). The van der Waals surface area contributed by atoms with Crippen LogP contribution in [-0.2, 0) is 14.6 Å². The molecule has 0 unspecified atom stereocenters. The SMILES string of the molecule is C=CCCOS(=O)(=O)O. The molecule has 0 atom stereocenters. The molecule has 5 heteroatoms. The zero-order valence-corrected chi connectivity index (χ0v) is 5.60. The average molecular weight is 152 g/mol. The van der Waals surface area contributed by atoms with E-state index in [1.54, 1.807) is 0 Å². The van der Waals surface area contributed by atoms with Crippen molar-refractivity contribution in [2.24, 2.45) is 0 Å². The zero-order chi connectivity index (χ0) is 7.33. The van der Waals surface area contributed by atoms with Crippen molar-refractivity contribution in [1.29, 1.82) is 0 Å². The van der Waals surface area contributed by atoms with Crippen LogP contribution >= 0.6 is 0 Å². The minimum atomic E-state index is -4.24. The number of rotatable bonds is 4. The molecule has 1 N–H and O–H groups in total. The quantitative estimate of drug-likeness (QED) is 0.359. The van der Waals surface area contributed by atoms with Crippen LogP contribution in [0.5, 0.6) is 0 Å². The molecule has 0 aromatic carbocycles. The van der Waals surface area contributed by atoms with Gasteiger partial charge in [0.05, 0.1) is 6.61 Å². The lowest BCUT2D eigenvalue weighted by Crippen LogP contribution is -2.03. The summed E-state index contributed by atoms with van der Waals surface area (Å²) in [6.07, 6.45) is 1.89. The van der Waals surface area contributed by atoms with Crippen LogP contribution in [0.4, 0.5) is 0 Å². The topological polar surface area (TPSA) is 63.6 Å². The van der Waals surface area contributed by atoms with Crippen LogP contribution in [-0.4, -0.2) is 19.6 Å². The highest BCUT2D eigenvalue weighted by molar-refractivity contribution is 7.80. The van der Waals surface area contributed by atoms with Crippen molar-refractivity contribution in [2.75, 3.05) is 6.61 Å². The van der Waals surface area contributed by atoms with E-state index in [1.165, 1.54) is 6.08 Å². The third-order valence-electron chi connectivity index (χ3n) is 0.554. The summed E-state index contributed by atoms with van der Waals surface area (Å²) in [6, 6.07) is 0.